The van der Waals surface area contributed by atoms with Crippen LogP contribution in [0.2, 0.25) is 0 Å². The zero-order valence-corrected chi connectivity index (χ0v) is 14.4. The van der Waals surface area contributed by atoms with Crippen LogP contribution >= 0.6 is 27.7 Å². The van der Waals surface area contributed by atoms with E-state index >= 15 is 0 Å². The van der Waals surface area contributed by atoms with Crippen LogP contribution in [-0.2, 0) is 6.42 Å². The zero-order chi connectivity index (χ0) is 15.0. The van der Waals surface area contributed by atoms with Gasteiger partial charge in [-0.15, -0.1) is 0 Å². The molecule has 3 nitrogen and oxygen atoms in total. The van der Waals surface area contributed by atoms with Gasteiger partial charge in [-0.05, 0) is 61.4 Å². The van der Waals surface area contributed by atoms with Crippen molar-refractivity contribution in [2.24, 2.45) is 0 Å². The number of furan rings is 1. The van der Waals surface area contributed by atoms with Crippen molar-refractivity contribution in [1.82, 2.24) is 0 Å². The third-order valence-electron chi connectivity index (χ3n) is 3.68. The van der Waals surface area contributed by atoms with Crippen molar-refractivity contribution in [1.29, 1.82) is 0 Å². The molecule has 110 valence electrons. The van der Waals surface area contributed by atoms with Gasteiger partial charge in [0.2, 0.25) is 0 Å². The van der Waals surface area contributed by atoms with E-state index in [0.717, 1.165) is 40.2 Å². The fraction of sp³-hybridized carbons (Fsp3) is 0.312. The average molecular weight is 366 g/mol. The van der Waals surface area contributed by atoms with Gasteiger partial charge in [-0.2, -0.15) is 0 Å². The second kappa shape index (κ2) is 5.89. The number of hydrogen-bond donors (Lipinski definition) is 0. The van der Waals surface area contributed by atoms with Crippen LogP contribution in [0.15, 0.2) is 38.2 Å². The minimum atomic E-state index is -0.0540. The van der Waals surface area contributed by atoms with Crippen molar-refractivity contribution in [2.45, 2.75) is 24.9 Å². The molecule has 1 aliphatic heterocycles. The van der Waals surface area contributed by atoms with Crippen LogP contribution < -0.4 is 4.90 Å². The van der Waals surface area contributed by atoms with Crippen LogP contribution in [0.5, 0.6) is 0 Å². The van der Waals surface area contributed by atoms with Gasteiger partial charge in [-0.3, -0.25) is 4.79 Å². The molecule has 0 saturated carbocycles. The van der Waals surface area contributed by atoms with Crippen LogP contribution in [0.3, 0.4) is 0 Å². The van der Waals surface area contributed by atoms with Gasteiger partial charge in [0.25, 0.3) is 5.91 Å². The monoisotopic (exact) mass is 365 g/mol. The molecular weight excluding hydrogens is 350 g/mol. The number of nitrogens with zero attached hydrogens (tertiary/aromatic N) is 1. The fourth-order valence-electron chi connectivity index (χ4n) is 2.80. The summed E-state index contributed by atoms with van der Waals surface area (Å²) >= 11 is 5.03. The van der Waals surface area contributed by atoms with Crippen LogP contribution in [0.4, 0.5) is 5.69 Å². The molecule has 1 amide bonds. The summed E-state index contributed by atoms with van der Waals surface area (Å²) in [5.74, 6) is 0.358. The molecule has 0 saturated heterocycles. The summed E-state index contributed by atoms with van der Waals surface area (Å²) in [6, 6.07) is 7.77. The highest BCUT2D eigenvalue weighted by Crippen LogP contribution is 2.34. The lowest BCUT2D eigenvalue weighted by Gasteiger charge is -2.30. The van der Waals surface area contributed by atoms with Gasteiger partial charge in [0.05, 0.1) is 5.69 Å². The SMILES string of the molecule is CSc1ccc(C(=O)N2CCCc3cc(Br)cc(C)c32)o1. The summed E-state index contributed by atoms with van der Waals surface area (Å²) in [6.45, 7) is 2.79. The highest BCUT2D eigenvalue weighted by Gasteiger charge is 2.27. The highest BCUT2D eigenvalue weighted by atomic mass is 79.9. The third-order valence-corrected chi connectivity index (χ3v) is 4.76. The van der Waals surface area contributed by atoms with Crippen LogP contribution in [-0.4, -0.2) is 18.7 Å². The van der Waals surface area contributed by atoms with Gasteiger partial charge < -0.3 is 9.32 Å². The van der Waals surface area contributed by atoms with Gasteiger partial charge in [-0.25, -0.2) is 0 Å². The Morgan fingerprint density at radius 1 is 1.38 bits per heavy atom. The molecule has 0 bridgehead atoms. The number of rotatable bonds is 2. The normalized spacial score (nSPS) is 14.1. The quantitative estimate of drug-likeness (QED) is 0.725. The van der Waals surface area contributed by atoms with E-state index in [4.69, 9.17) is 4.42 Å². The summed E-state index contributed by atoms with van der Waals surface area (Å²) in [7, 11) is 0. The number of carbonyl (C=O) groups is 1. The minimum absolute atomic E-state index is 0.0540. The second-order valence-corrected chi connectivity index (χ2v) is 6.84. The maximum absolute atomic E-state index is 12.7. The first-order valence-electron chi connectivity index (χ1n) is 6.85. The Hall–Kier alpha value is -1.20. The molecule has 0 spiro atoms. The van der Waals surface area contributed by atoms with E-state index in [2.05, 4.69) is 28.1 Å². The number of aryl methyl sites for hydroxylation is 2. The number of halogens is 1. The molecule has 0 unspecified atom stereocenters. The predicted octanol–water partition coefficient (Wildman–Crippen LogP) is 4.67. The lowest BCUT2D eigenvalue weighted by molar-refractivity contribution is 0.0953. The first-order valence-corrected chi connectivity index (χ1v) is 8.86. The number of carbonyl (C=O) groups excluding carboxylic acids is 1. The van der Waals surface area contributed by atoms with Crippen molar-refractivity contribution < 1.29 is 9.21 Å². The van der Waals surface area contributed by atoms with E-state index in [1.165, 1.54) is 17.3 Å². The first kappa shape index (κ1) is 14.7. The van der Waals surface area contributed by atoms with Gasteiger partial charge >= 0.3 is 0 Å². The van der Waals surface area contributed by atoms with E-state index in [1.54, 1.807) is 6.07 Å². The van der Waals surface area contributed by atoms with Gasteiger partial charge in [0.15, 0.2) is 10.9 Å². The molecule has 2 heterocycles. The first-order chi connectivity index (χ1) is 10.1. The van der Waals surface area contributed by atoms with E-state index in [-0.39, 0.29) is 5.91 Å². The fourth-order valence-corrected chi connectivity index (χ4v) is 3.80. The number of benzene rings is 1. The Labute approximate surface area is 136 Å². The molecule has 3 rings (SSSR count). The van der Waals surface area contributed by atoms with Crippen molar-refractivity contribution in [3.8, 4) is 0 Å². The number of anilines is 1. The Morgan fingerprint density at radius 3 is 2.90 bits per heavy atom. The predicted molar refractivity (Wildman–Crippen MR) is 89.4 cm³/mol. The number of thioether (sulfide) groups is 1. The molecular formula is C16H16BrNO2S. The Bertz CT molecular complexity index is 696. The lowest BCUT2D eigenvalue weighted by Crippen LogP contribution is -2.35. The molecule has 21 heavy (non-hydrogen) atoms. The topological polar surface area (TPSA) is 33.5 Å². The van der Waals surface area contributed by atoms with E-state index in [1.807, 2.05) is 24.1 Å². The van der Waals surface area contributed by atoms with Crippen molar-refractivity contribution >= 4 is 39.3 Å². The van der Waals surface area contributed by atoms with E-state index in [0.29, 0.717) is 5.76 Å². The summed E-state index contributed by atoms with van der Waals surface area (Å²) in [6.07, 6.45) is 3.92. The van der Waals surface area contributed by atoms with Crippen LogP contribution in [0, 0.1) is 6.92 Å². The number of amides is 1. The van der Waals surface area contributed by atoms with Crippen LogP contribution in [0.1, 0.15) is 28.1 Å². The molecule has 0 atom stereocenters. The summed E-state index contributed by atoms with van der Waals surface area (Å²) < 4.78 is 6.65. The second-order valence-electron chi connectivity index (χ2n) is 5.11. The molecule has 1 aliphatic rings. The smallest absolute Gasteiger partial charge is 0.294 e. The highest BCUT2D eigenvalue weighted by molar-refractivity contribution is 9.10. The molecule has 0 radical (unpaired) electrons. The van der Waals surface area contributed by atoms with Crippen molar-refractivity contribution in [3.05, 3.63) is 45.6 Å². The maximum atomic E-state index is 12.7. The van der Waals surface area contributed by atoms with E-state index < -0.39 is 0 Å². The standard InChI is InChI=1S/C16H16BrNO2S/c1-10-8-12(17)9-11-4-3-7-18(15(10)11)16(19)13-5-6-14(20-13)21-2/h5-6,8-9H,3-4,7H2,1-2H3. The number of hydrogen-bond acceptors (Lipinski definition) is 3. The lowest BCUT2D eigenvalue weighted by atomic mass is 9.98. The molecule has 1 aromatic heterocycles. The zero-order valence-electron chi connectivity index (χ0n) is 12.0. The average Bonchev–Trinajstić information content (AvgIpc) is 2.94. The summed E-state index contributed by atoms with van der Waals surface area (Å²) in [5.41, 5.74) is 3.37. The van der Waals surface area contributed by atoms with Gasteiger partial charge in [0, 0.05) is 11.0 Å². The Kier molecular flexibility index (Phi) is 4.13. The number of fused-ring (bicyclic) bond motifs is 1. The van der Waals surface area contributed by atoms with Crippen LogP contribution in [0.25, 0.3) is 0 Å². The van der Waals surface area contributed by atoms with E-state index in [9.17, 15) is 4.79 Å². The molecule has 1 aromatic carbocycles. The summed E-state index contributed by atoms with van der Waals surface area (Å²) in [4.78, 5) is 14.6. The van der Waals surface area contributed by atoms with Crippen molar-refractivity contribution in [3.63, 3.8) is 0 Å². The largest absolute Gasteiger partial charge is 0.445 e. The maximum Gasteiger partial charge on any atom is 0.294 e. The Morgan fingerprint density at radius 2 is 2.19 bits per heavy atom. The molecule has 2 aromatic rings. The minimum Gasteiger partial charge on any atom is -0.445 e. The van der Waals surface area contributed by atoms with Gasteiger partial charge in [-0.1, -0.05) is 27.7 Å². The Balaban J connectivity index is 2.00. The molecule has 0 N–H and O–H groups in total. The third kappa shape index (κ3) is 2.77. The molecule has 5 heteroatoms. The van der Waals surface area contributed by atoms with Gasteiger partial charge in [0.1, 0.15) is 0 Å². The summed E-state index contributed by atoms with van der Waals surface area (Å²) in [5, 5.41) is 0.767. The molecule has 0 aliphatic carbocycles. The molecule has 0 fully saturated rings. The van der Waals surface area contributed by atoms with Crippen molar-refractivity contribution in [2.75, 3.05) is 17.7 Å².